The first-order valence-electron chi connectivity index (χ1n) is 8.87. The quantitative estimate of drug-likeness (QED) is 0.462. The highest BCUT2D eigenvalue weighted by molar-refractivity contribution is 5.98. The second-order valence-corrected chi connectivity index (χ2v) is 6.45. The van der Waals surface area contributed by atoms with Crippen LogP contribution in [-0.2, 0) is 9.53 Å². The highest BCUT2D eigenvalue weighted by Gasteiger charge is 2.22. The largest absolute Gasteiger partial charge is 0.452 e. The monoisotopic (exact) mass is 384 g/mol. The molecule has 0 bridgehead atoms. The summed E-state index contributed by atoms with van der Waals surface area (Å²) in [6, 6.07) is 7.42. The summed E-state index contributed by atoms with van der Waals surface area (Å²) in [7, 11) is 0. The van der Waals surface area contributed by atoms with Crippen LogP contribution in [0.5, 0.6) is 0 Å². The van der Waals surface area contributed by atoms with Gasteiger partial charge in [0.05, 0.1) is 10.6 Å². The molecule has 0 aliphatic carbocycles. The number of aryl methyl sites for hydroxylation is 1. The van der Waals surface area contributed by atoms with Gasteiger partial charge in [-0.2, -0.15) is 0 Å². The van der Waals surface area contributed by atoms with E-state index in [2.05, 4.69) is 10.3 Å². The molecule has 28 heavy (non-hydrogen) atoms. The number of benzene rings is 1. The van der Waals surface area contributed by atoms with Gasteiger partial charge in [-0.25, -0.2) is 9.78 Å². The van der Waals surface area contributed by atoms with E-state index in [0.717, 1.165) is 25.9 Å². The van der Waals surface area contributed by atoms with Gasteiger partial charge in [-0.1, -0.05) is 6.07 Å². The zero-order valence-corrected chi connectivity index (χ0v) is 15.4. The van der Waals surface area contributed by atoms with Crippen molar-refractivity contribution in [3.63, 3.8) is 0 Å². The summed E-state index contributed by atoms with van der Waals surface area (Å²) in [6.07, 6.45) is 3.69. The Morgan fingerprint density at radius 2 is 2.04 bits per heavy atom. The molecule has 1 aromatic carbocycles. The average Bonchev–Trinajstić information content (AvgIpc) is 3.22. The minimum atomic E-state index is -0.638. The lowest BCUT2D eigenvalue weighted by atomic mass is 10.2. The number of hydrogen-bond acceptors (Lipinski definition) is 7. The minimum absolute atomic E-state index is 0.136. The highest BCUT2D eigenvalue weighted by atomic mass is 16.6. The van der Waals surface area contributed by atoms with E-state index in [-0.39, 0.29) is 5.69 Å². The molecule has 1 saturated heterocycles. The smallest absolute Gasteiger partial charge is 0.342 e. The van der Waals surface area contributed by atoms with Crippen molar-refractivity contribution in [2.45, 2.75) is 19.8 Å². The number of hydrogen-bond donors (Lipinski definition) is 1. The lowest BCUT2D eigenvalue weighted by Crippen LogP contribution is -2.25. The Hall–Kier alpha value is -3.49. The fourth-order valence-electron chi connectivity index (χ4n) is 2.99. The molecule has 9 heteroatoms. The summed E-state index contributed by atoms with van der Waals surface area (Å²) < 4.78 is 5.13. The zero-order chi connectivity index (χ0) is 20.1. The Labute approximate surface area is 161 Å². The second kappa shape index (κ2) is 8.47. The van der Waals surface area contributed by atoms with Crippen molar-refractivity contribution in [2.75, 3.05) is 29.9 Å². The number of esters is 1. The number of anilines is 2. The van der Waals surface area contributed by atoms with Gasteiger partial charge in [0.25, 0.3) is 11.6 Å². The molecule has 0 unspecified atom stereocenters. The van der Waals surface area contributed by atoms with Crippen molar-refractivity contribution in [1.29, 1.82) is 0 Å². The van der Waals surface area contributed by atoms with Crippen molar-refractivity contribution in [2.24, 2.45) is 0 Å². The number of pyridine rings is 1. The van der Waals surface area contributed by atoms with Crippen molar-refractivity contribution in [3.05, 3.63) is 57.8 Å². The molecule has 0 atom stereocenters. The molecular weight excluding hydrogens is 364 g/mol. The van der Waals surface area contributed by atoms with E-state index in [0.29, 0.717) is 22.6 Å². The summed E-state index contributed by atoms with van der Waals surface area (Å²) in [4.78, 5) is 41.2. The molecule has 2 aromatic rings. The maximum atomic E-state index is 12.4. The molecule has 146 valence electrons. The van der Waals surface area contributed by atoms with E-state index in [1.807, 2.05) is 4.90 Å². The van der Waals surface area contributed by atoms with Crippen LogP contribution in [0.3, 0.4) is 0 Å². The van der Waals surface area contributed by atoms with Crippen molar-refractivity contribution in [1.82, 2.24) is 4.98 Å². The van der Waals surface area contributed by atoms with Crippen LogP contribution in [0, 0.1) is 17.0 Å². The number of carbonyl (C=O) groups is 2. The Balaban J connectivity index is 1.63. The topological polar surface area (TPSA) is 115 Å². The maximum absolute atomic E-state index is 12.4. The molecule has 1 aliphatic heterocycles. The first-order valence-corrected chi connectivity index (χ1v) is 8.87. The highest BCUT2D eigenvalue weighted by Crippen LogP contribution is 2.23. The number of rotatable bonds is 6. The number of nitrogens with one attached hydrogen (secondary N) is 1. The fourth-order valence-corrected chi connectivity index (χ4v) is 2.99. The lowest BCUT2D eigenvalue weighted by molar-refractivity contribution is -0.384. The molecular formula is C19H20N4O5. The van der Waals surface area contributed by atoms with Gasteiger partial charge in [0.2, 0.25) is 0 Å². The predicted molar refractivity (Wildman–Crippen MR) is 102 cm³/mol. The second-order valence-electron chi connectivity index (χ2n) is 6.45. The van der Waals surface area contributed by atoms with E-state index < -0.39 is 23.4 Å². The van der Waals surface area contributed by atoms with Crippen molar-refractivity contribution in [3.8, 4) is 0 Å². The minimum Gasteiger partial charge on any atom is -0.452 e. The first kappa shape index (κ1) is 19.3. The van der Waals surface area contributed by atoms with Crippen LogP contribution in [0.1, 0.15) is 28.8 Å². The third-order valence-corrected chi connectivity index (χ3v) is 4.45. The fraction of sp³-hybridized carbons (Fsp3) is 0.316. The predicted octanol–water partition coefficient (Wildman–Crippen LogP) is 2.69. The molecule has 1 N–H and O–H groups in total. The van der Waals surface area contributed by atoms with Crippen LogP contribution < -0.4 is 10.2 Å². The van der Waals surface area contributed by atoms with Gasteiger partial charge in [-0.05, 0) is 37.5 Å². The third kappa shape index (κ3) is 4.43. The summed E-state index contributed by atoms with van der Waals surface area (Å²) in [6.45, 7) is 2.85. The summed E-state index contributed by atoms with van der Waals surface area (Å²) in [5.74, 6) is -0.663. The number of non-ortho nitro benzene ring substituents is 1. The number of nitro benzene ring substituents is 1. The SMILES string of the molecule is Cc1ccc([N+](=O)[O-])cc1NC(=O)COC(=O)c1cccnc1N1CCCC1. The van der Waals surface area contributed by atoms with Crippen LogP contribution in [0.15, 0.2) is 36.5 Å². The Morgan fingerprint density at radius 3 is 2.75 bits per heavy atom. The Kier molecular flexibility index (Phi) is 5.83. The molecule has 0 radical (unpaired) electrons. The van der Waals surface area contributed by atoms with Crippen LogP contribution in [-0.4, -0.2) is 41.5 Å². The Morgan fingerprint density at radius 1 is 1.29 bits per heavy atom. The van der Waals surface area contributed by atoms with Crippen LogP contribution >= 0.6 is 0 Å². The molecule has 3 rings (SSSR count). The molecule has 9 nitrogen and oxygen atoms in total. The third-order valence-electron chi connectivity index (χ3n) is 4.45. The molecule has 1 aromatic heterocycles. The zero-order valence-electron chi connectivity index (χ0n) is 15.4. The number of nitrogens with zero attached hydrogens (tertiary/aromatic N) is 3. The molecule has 1 amide bonds. The van der Waals surface area contributed by atoms with E-state index in [9.17, 15) is 19.7 Å². The van der Waals surface area contributed by atoms with Crippen molar-refractivity contribution < 1.29 is 19.2 Å². The van der Waals surface area contributed by atoms with Gasteiger partial charge < -0.3 is 15.0 Å². The van der Waals surface area contributed by atoms with E-state index in [4.69, 9.17) is 4.74 Å². The van der Waals surface area contributed by atoms with Gasteiger partial charge in [-0.15, -0.1) is 0 Å². The number of amides is 1. The van der Waals surface area contributed by atoms with Gasteiger partial charge in [0, 0.05) is 31.4 Å². The maximum Gasteiger partial charge on any atom is 0.342 e. The van der Waals surface area contributed by atoms with Gasteiger partial charge in [0.15, 0.2) is 6.61 Å². The summed E-state index contributed by atoms with van der Waals surface area (Å²) in [5.41, 5.74) is 1.13. The number of nitro groups is 1. The molecule has 0 saturated carbocycles. The van der Waals surface area contributed by atoms with E-state index >= 15 is 0 Å². The van der Waals surface area contributed by atoms with Gasteiger partial charge in [0.1, 0.15) is 11.4 Å². The standard InChI is InChI=1S/C19H20N4O5/c1-13-6-7-14(23(26)27)11-16(13)21-17(24)12-28-19(25)15-5-4-8-20-18(15)22-9-2-3-10-22/h4-8,11H,2-3,9-10,12H2,1H3,(H,21,24). The van der Waals surface area contributed by atoms with E-state index in [1.54, 1.807) is 25.3 Å². The van der Waals surface area contributed by atoms with Crippen LogP contribution in [0.2, 0.25) is 0 Å². The first-order chi connectivity index (χ1) is 13.5. The summed E-state index contributed by atoms with van der Waals surface area (Å²) >= 11 is 0. The lowest BCUT2D eigenvalue weighted by Gasteiger charge is -2.18. The van der Waals surface area contributed by atoms with Crippen molar-refractivity contribution >= 4 is 29.1 Å². The van der Waals surface area contributed by atoms with E-state index in [1.165, 1.54) is 18.2 Å². The molecule has 0 spiro atoms. The number of ether oxygens (including phenoxy) is 1. The summed E-state index contributed by atoms with van der Waals surface area (Å²) in [5, 5.41) is 13.4. The number of aromatic nitrogens is 1. The van der Waals surface area contributed by atoms with Gasteiger partial charge in [-0.3, -0.25) is 14.9 Å². The molecule has 2 heterocycles. The average molecular weight is 384 g/mol. The molecule has 1 fully saturated rings. The van der Waals surface area contributed by atoms with Crippen LogP contribution in [0.4, 0.5) is 17.2 Å². The normalized spacial score (nSPS) is 13.2. The Bertz CT molecular complexity index is 909. The van der Waals surface area contributed by atoms with Gasteiger partial charge >= 0.3 is 5.97 Å². The van der Waals surface area contributed by atoms with Crippen LogP contribution in [0.25, 0.3) is 0 Å². The molecule has 1 aliphatic rings. The number of carbonyl (C=O) groups excluding carboxylic acids is 2.